The Morgan fingerprint density at radius 2 is 1.69 bits per heavy atom. The van der Waals surface area contributed by atoms with Gasteiger partial charge in [0.1, 0.15) is 12.4 Å². The summed E-state index contributed by atoms with van der Waals surface area (Å²) in [6, 6.07) is 25.9. The van der Waals surface area contributed by atoms with E-state index in [2.05, 4.69) is 4.98 Å². The zero-order valence-corrected chi connectivity index (χ0v) is 15.8. The molecule has 0 aliphatic rings. The van der Waals surface area contributed by atoms with Crippen molar-refractivity contribution in [2.24, 2.45) is 0 Å². The molecule has 3 aromatic carbocycles. The molecule has 1 N–H and O–H groups in total. The van der Waals surface area contributed by atoms with Crippen LogP contribution in [-0.2, 0) is 13.2 Å². The number of nitrogens with zero attached hydrogens (tertiary/aromatic N) is 1. The number of ketones is 1. The maximum atomic E-state index is 13.0. The molecule has 5 rings (SSSR count). The molecule has 0 radical (unpaired) electrons. The van der Waals surface area contributed by atoms with Gasteiger partial charge in [0.25, 0.3) is 0 Å². The van der Waals surface area contributed by atoms with Gasteiger partial charge in [-0.3, -0.25) is 4.79 Å². The molecule has 5 aromatic rings. The van der Waals surface area contributed by atoms with Gasteiger partial charge in [0.15, 0.2) is 5.78 Å². The number of ether oxygens (including phenoxy) is 1. The Hall–Kier alpha value is -3.79. The van der Waals surface area contributed by atoms with Crippen molar-refractivity contribution in [3.05, 3.63) is 102 Å². The van der Waals surface area contributed by atoms with Gasteiger partial charge in [-0.25, -0.2) is 0 Å². The van der Waals surface area contributed by atoms with Crippen LogP contribution in [0.2, 0.25) is 0 Å². The number of H-pyrrole nitrogens is 1. The predicted octanol–water partition coefficient (Wildman–Crippen LogP) is 5.58. The Balaban J connectivity index is 1.40. The lowest BCUT2D eigenvalue weighted by molar-refractivity contribution is 0.0975. The number of aromatic amines is 1. The quantitative estimate of drug-likeness (QED) is 0.391. The Kier molecular flexibility index (Phi) is 4.37. The second-order valence-corrected chi connectivity index (χ2v) is 7.08. The number of carbonyl (C=O) groups is 1. The molecule has 29 heavy (non-hydrogen) atoms. The van der Waals surface area contributed by atoms with Gasteiger partial charge in [-0.2, -0.15) is 0 Å². The first-order valence-corrected chi connectivity index (χ1v) is 9.63. The van der Waals surface area contributed by atoms with E-state index >= 15 is 0 Å². The number of rotatable bonds is 6. The zero-order valence-electron chi connectivity index (χ0n) is 15.8. The highest BCUT2D eigenvalue weighted by Crippen LogP contribution is 2.28. The lowest BCUT2D eigenvalue weighted by atomic mass is 10.1. The molecule has 0 unspecified atom stereocenters. The summed E-state index contributed by atoms with van der Waals surface area (Å²) in [4.78, 5) is 16.1. The first kappa shape index (κ1) is 17.3. The highest BCUT2D eigenvalue weighted by Gasteiger charge is 2.14. The summed E-state index contributed by atoms with van der Waals surface area (Å²) in [5.74, 6) is 0.903. The van der Waals surface area contributed by atoms with Gasteiger partial charge in [-0.15, -0.1) is 0 Å². The van der Waals surface area contributed by atoms with Crippen LogP contribution in [0.3, 0.4) is 0 Å². The Morgan fingerprint density at radius 1 is 0.862 bits per heavy atom. The second-order valence-electron chi connectivity index (χ2n) is 7.08. The number of fused-ring (bicyclic) bond motifs is 2. The summed E-state index contributed by atoms with van der Waals surface area (Å²) in [7, 11) is 0. The molecule has 4 heteroatoms. The van der Waals surface area contributed by atoms with Crippen LogP contribution < -0.4 is 4.74 Å². The van der Waals surface area contributed by atoms with E-state index in [0.29, 0.717) is 6.61 Å². The number of para-hydroxylation sites is 1. The van der Waals surface area contributed by atoms with Gasteiger partial charge < -0.3 is 14.3 Å². The van der Waals surface area contributed by atoms with Crippen LogP contribution in [0.4, 0.5) is 0 Å². The molecule has 2 heterocycles. The highest BCUT2D eigenvalue weighted by molar-refractivity contribution is 6.08. The molecule has 0 saturated carbocycles. The summed E-state index contributed by atoms with van der Waals surface area (Å²) in [6.45, 7) is 0.799. The molecule has 0 spiro atoms. The van der Waals surface area contributed by atoms with Crippen LogP contribution in [0.5, 0.6) is 5.75 Å². The van der Waals surface area contributed by atoms with Crippen molar-refractivity contribution in [1.82, 2.24) is 9.55 Å². The van der Waals surface area contributed by atoms with Crippen molar-refractivity contribution in [3.8, 4) is 5.75 Å². The lowest BCUT2D eigenvalue weighted by Gasteiger charge is -2.09. The first-order valence-electron chi connectivity index (χ1n) is 9.63. The minimum atomic E-state index is 0.0792. The molecule has 0 bridgehead atoms. The number of hydrogen-bond donors (Lipinski definition) is 1. The van der Waals surface area contributed by atoms with E-state index in [1.54, 1.807) is 6.20 Å². The summed E-state index contributed by atoms with van der Waals surface area (Å²) in [5.41, 5.74) is 3.81. The van der Waals surface area contributed by atoms with Gasteiger partial charge in [-0.05, 0) is 29.8 Å². The summed E-state index contributed by atoms with van der Waals surface area (Å²) >= 11 is 0. The fourth-order valence-corrected chi connectivity index (χ4v) is 3.74. The Bertz CT molecular complexity index is 1300. The van der Waals surface area contributed by atoms with Crippen molar-refractivity contribution in [3.63, 3.8) is 0 Å². The number of nitrogens with one attached hydrogen (secondary N) is 1. The molecular formula is C25H20N2O2. The normalized spacial score (nSPS) is 11.2. The van der Waals surface area contributed by atoms with E-state index in [4.69, 9.17) is 4.74 Å². The number of Topliss-reactive ketones (excluding diaryl/α,β-unsaturated/α-hetero) is 1. The lowest BCUT2D eigenvalue weighted by Crippen LogP contribution is -2.09. The van der Waals surface area contributed by atoms with Crippen LogP contribution in [0, 0.1) is 0 Å². The van der Waals surface area contributed by atoms with Crippen molar-refractivity contribution in [2.45, 2.75) is 13.2 Å². The number of hydrogen-bond acceptors (Lipinski definition) is 2. The van der Waals surface area contributed by atoms with E-state index in [9.17, 15) is 4.79 Å². The maximum Gasteiger partial charge on any atom is 0.184 e. The van der Waals surface area contributed by atoms with Crippen LogP contribution in [0.1, 0.15) is 15.9 Å². The highest BCUT2D eigenvalue weighted by atomic mass is 16.5. The molecule has 142 valence electrons. The molecule has 0 aliphatic heterocycles. The monoisotopic (exact) mass is 380 g/mol. The smallest absolute Gasteiger partial charge is 0.184 e. The average molecular weight is 380 g/mol. The summed E-state index contributed by atoms with van der Waals surface area (Å²) < 4.78 is 8.03. The minimum absolute atomic E-state index is 0.0792. The predicted molar refractivity (Wildman–Crippen MR) is 115 cm³/mol. The van der Waals surface area contributed by atoms with Gasteiger partial charge >= 0.3 is 0 Å². The van der Waals surface area contributed by atoms with Crippen LogP contribution in [-0.4, -0.2) is 15.3 Å². The van der Waals surface area contributed by atoms with Gasteiger partial charge in [0.05, 0.1) is 12.1 Å². The third-order valence-corrected chi connectivity index (χ3v) is 5.21. The van der Waals surface area contributed by atoms with Gasteiger partial charge in [0.2, 0.25) is 0 Å². The van der Waals surface area contributed by atoms with Crippen LogP contribution in [0.25, 0.3) is 21.8 Å². The van der Waals surface area contributed by atoms with Crippen LogP contribution in [0.15, 0.2) is 91.3 Å². The SMILES string of the molecule is O=C(Cn1ccc2c(OCc3ccccc3)cccc21)c1c[nH]c2ccccc12. The van der Waals surface area contributed by atoms with Crippen molar-refractivity contribution >= 4 is 27.6 Å². The zero-order chi connectivity index (χ0) is 19.6. The van der Waals surface area contributed by atoms with E-state index in [0.717, 1.165) is 38.7 Å². The van der Waals surface area contributed by atoms with Crippen molar-refractivity contribution in [1.29, 1.82) is 0 Å². The van der Waals surface area contributed by atoms with E-state index in [-0.39, 0.29) is 12.3 Å². The fraction of sp³-hybridized carbons (Fsp3) is 0.0800. The topological polar surface area (TPSA) is 47.0 Å². The molecule has 0 aliphatic carbocycles. The van der Waals surface area contributed by atoms with E-state index < -0.39 is 0 Å². The molecule has 2 aromatic heterocycles. The van der Waals surface area contributed by atoms with Crippen molar-refractivity contribution in [2.75, 3.05) is 0 Å². The summed E-state index contributed by atoms with van der Waals surface area (Å²) in [5, 5.41) is 1.97. The maximum absolute atomic E-state index is 13.0. The fourth-order valence-electron chi connectivity index (χ4n) is 3.74. The number of benzene rings is 3. The number of aromatic nitrogens is 2. The Labute approximate surface area is 168 Å². The largest absolute Gasteiger partial charge is 0.488 e. The third-order valence-electron chi connectivity index (χ3n) is 5.21. The van der Waals surface area contributed by atoms with E-state index in [1.807, 2.05) is 89.6 Å². The van der Waals surface area contributed by atoms with Gasteiger partial charge in [0, 0.05) is 34.2 Å². The first-order chi connectivity index (χ1) is 14.3. The molecule has 0 amide bonds. The minimum Gasteiger partial charge on any atom is -0.488 e. The van der Waals surface area contributed by atoms with Gasteiger partial charge in [-0.1, -0.05) is 54.6 Å². The third kappa shape index (κ3) is 3.29. The molecular weight excluding hydrogens is 360 g/mol. The molecule has 0 atom stereocenters. The molecule has 0 fully saturated rings. The van der Waals surface area contributed by atoms with E-state index in [1.165, 1.54) is 0 Å². The molecule has 0 saturated heterocycles. The van der Waals surface area contributed by atoms with Crippen LogP contribution >= 0.6 is 0 Å². The number of carbonyl (C=O) groups excluding carboxylic acids is 1. The summed E-state index contributed by atoms with van der Waals surface area (Å²) in [6.07, 6.45) is 3.75. The average Bonchev–Trinajstić information content (AvgIpc) is 3.38. The second kappa shape index (κ2) is 7.32. The van der Waals surface area contributed by atoms with Crippen molar-refractivity contribution < 1.29 is 9.53 Å². The standard InChI is InChI=1S/C25H20N2O2/c28-24(21-15-26-22-10-5-4-9-19(21)22)16-27-14-13-20-23(27)11-6-12-25(20)29-17-18-7-2-1-3-8-18/h1-15,26H,16-17H2. The Morgan fingerprint density at radius 3 is 2.59 bits per heavy atom. The molecule has 4 nitrogen and oxygen atoms in total.